The predicted molar refractivity (Wildman–Crippen MR) is 74.7 cm³/mol. The van der Waals surface area contributed by atoms with Gasteiger partial charge in [0.15, 0.2) is 0 Å². The maximum Gasteiger partial charge on any atom is 0.144 e. The average Bonchev–Trinajstić information content (AvgIpc) is 2.45. The highest BCUT2D eigenvalue weighted by Crippen LogP contribution is 2.61. The summed E-state index contributed by atoms with van der Waals surface area (Å²) in [6, 6.07) is 6.46. The van der Waals surface area contributed by atoms with Crippen LogP contribution < -0.4 is 4.74 Å². The number of nitriles is 1. The van der Waals surface area contributed by atoms with E-state index in [-0.39, 0.29) is 5.56 Å². The summed E-state index contributed by atoms with van der Waals surface area (Å²) in [5, 5.41) is 9.01. The van der Waals surface area contributed by atoms with Gasteiger partial charge in [-0.3, -0.25) is 0 Å². The lowest BCUT2D eigenvalue weighted by atomic mass is 9.46. The third-order valence-electron chi connectivity index (χ3n) is 5.54. The molecule has 106 valence electrons. The van der Waals surface area contributed by atoms with Gasteiger partial charge < -0.3 is 4.74 Å². The van der Waals surface area contributed by atoms with E-state index in [4.69, 9.17) is 10.00 Å². The van der Waals surface area contributed by atoms with Crippen LogP contribution in [0.3, 0.4) is 0 Å². The van der Waals surface area contributed by atoms with Crippen LogP contribution in [-0.4, -0.2) is 6.61 Å². The van der Waals surface area contributed by atoms with Gasteiger partial charge in [-0.05, 0) is 54.6 Å². The van der Waals surface area contributed by atoms with Crippen molar-refractivity contribution in [3.05, 3.63) is 29.6 Å². The van der Waals surface area contributed by atoms with Crippen molar-refractivity contribution >= 4 is 0 Å². The summed E-state index contributed by atoms with van der Waals surface area (Å²) in [5.74, 6) is 1.99. The molecule has 20 heavy (non-hydrogen) atoms. The van der Waals surface area contributed by atoms with Crippen molar-refractivity contribution in [2.75, 3.05) is 6.61 Å². The zero-order valence-corrected chi connectivity index (χ0v) is 12.0. The van der Waals surface area contributed by atoms with Crippen molar-refractivity contribution < 1.29 is 9.13 Å². The fourth-order valence-electron chi connectivity index (χ4n) is 4.09. The molecule has 2 unspecified atom stereocenters. The molecule has 3 aliphatic rings. The van der Waals surface area contributed by atoms with Gasteiger partial charge in [0.25, 0.3) is 0 Å². The molecule has 3 fully saturated rings. The van der Waals surface area contributed by atoms with E-state index in [1.807, 2.05) is 6.07 Å². The molecular formula is C17H20FNO. The number of hydrogen-bond acceptors (Lipinski definition) is 2. The minimum atomic E-state index is -0.502. The van der Waals surface area contributed by atoms with E-state index >= 15 is 0 Å². The molecule has 0 radical (unpaired) electrons. The van der Waals surface area contributed by atoms with Gasteiger partial charge in [-0.1, -0.05) is 19.9 Å². The van der Waals surface area contributed by atoms with Crippen LogP contribution in [0.4, 0.5) is 4.39 Å². The van der Waals surface area contributed by atoms with Gasteiger partial charge in [0.2, 0.25) is 0 Å². The Morgan fingerprint density at radius 1 is 1.40 bits per heavy atom. The number of benzene rings is 1. The van der Waals surface area contributed by atoms with Gasteiger partial charge in [-0.15, -0.1) is 0 Å². The minimum absolute atomic E-state index is 0.0223. The van der Waals surface area contributed by atoms with Gasteiger partial charge in [-0.2, -0.15) is 5.26 Å². The van der Waals surface area contributed by atoms with Crippen LogP contribution >= 0.6 is 0 Å². The molecule has 2 nitrogen and oxygen atoms in total. The highest BCUT2D eigenvalue weighted by Gasteiger charge is 2.54. The number of ether oxygens (including phenoxy) is 1. The number of fused-ring (bicyclic) bond motifs is 2. The van der Waals surface area contributed by atoms with E-state index in [0.717, 1.165) is 5.92 Å². The molecule has 3 aliphatic carbocycles. The first kappa shape index (κ1) is 13.4. The number of rotatable bonds is 3. The maximum absolute atomic E-state index is 13.5. The Kier molecular flexibility index (Phi) is 3.20. The Balaban J connectivity index is 1.69. The fourth-order valence-corrected chi connectivity index (χ4v) is 4.09. The molecule has 0 spiro atoms. The third kappa shape index (κ3) is 1.98. The standard InChI is InChI=1S/C17H20FNO/c1-17(2)12-7-6-11(14(17)8-12)10-20-16-5-3-4-15(18)13(16)9-19/h3-5,11-12,14H,6-8,10H2,1-2H3/t11?,12?,14-/m0/s1. The van der Waals surface area contributed by atoms with E-state index in [0.29, 0.717) is 29.6 Å². The smallest absolute Gasteiger partial charge is 0.144 e. The van der Waals surface area contributed by atoms with Crippen molar-refractivity contribution in [3.63, 3.8) is 0 Å². The lowest BCUT2D eigenvalue weighted by Crippen LogP contribution is -2.53. The molecule has 1 aromatic rings. The average molecular weight is 273 g/mol. The highest BCUT2D eigenvalue weighted by atomic mass is 19.1. The molecule has 1 aromatic carbocycles. The second kappa shape index (κ2) is 4.77. The van der Waals surface area contributed by atoms with Crippen molar-refractivity contribution in [3.8, 4) is 11.8 Å². The molecule has 3 atom stereocenters. The first-order valence-corrected chi connectivity index (χ1v) is 7.35. The molecule has 3 saturated carbocycles. The monoisotopic (exact) mass is 273 g/mol. The molecule has 0 amide bonds. The second-order valence-corrected chi connectivity index (χ2v) is 6.73. The highest BCUT2D eigenvalue weighted by molar-refractivity contribution is 5.43. The summed E-state index contributed by atoms with van der Waals surface area (Å²) in [5.41, 5.74) is 0.445. The van der Waals surface area contributed by atoms with Crippen LogP contribution in [0.2, 0.25) is 0 Å². The molecule has 3 heteroatoms. The zero-order valence-electron chi connectivity index (χ0n) is 12.0. The maximum atomic E-state index is 13.5. The van der Waals surface area contributed by atoms with Crippen molar-refractivity contribution in [2.24, 2.45) is 23.2 Å². The van der Waals surface area contributed by atoms with Gasteiger partial charge in [0.05, 0.1) is 6.61 Å². The molecule has 0 N–H and O–H groups in total. The normalized spacial score (nSPS) is 30.2. The summed E-state index contributed by atoms with van der Waals surface area (Å²) < 4.78 is 19.3. The topological polar surface area (TPSA) is 33.0 Å². The van der Waals surface area contributed by atoms with Crippen LogP contribution in [0, 0.1) is 40.3 Å². The van der Waals surface area contributed by atoms with Crippen LogP contribution in [0.25, 0.3) is 0 Å². The summed E-state index contributed by atoms with van der Waals surface area (Å²) in [4.78, 5) is 0. The first-order chi connectivity index (χ1) is 9.54. The second-order valence-electron chi connectivity index (χ2n) is 6.73. The van der Waals surface area contributed by atoms with E-state index in [9.17, 15) is 4.39 Å². The summed E-state index contributed by atoms with van der Waals surface area (Å²) >= 11 is 0. The molecule has 0 aliphatic heterocycles. The van der Waals surface area contributed by atoms with Crippen molar-refractivity contribution in [2.45, 2.75) is 33.1 Å². The largest absolute Gasteiger partial charge is 0.492 e. The van der Waals surface area contributed by atoms with Crippen LogP contribution in [0.15, 0.2) is 18.2 Å². The molecule has 4 rings (SSSR count). The number of hydrogen-bond donors (Lipinski definition) is 0. The Hall–Kier alpha value is -1.56. The molecule has 0 saturated heterocycles. The van der Waals surface area contributed by atoms with Crippen molar-refractivity contribution in [1.29, 1.82) is 5.26 Å². The lowest BCUT2D eigenvalue weighted by Gasteiger charge is -2.60. The summed E-state index contributed by atoms with van der Waals surface area (Å²) in [6.45, 7) is 5.29. The Morgan fingerprint density at radius 2 is 2.20 bits per heavy atom. The fraction of sp³-hybridized carbons (Fsp3) is 0.588. The van der Waals surface area contributed by atoms with Crippen molar-refractivity contribution in [1.82, 2.24) is 0 Å². The van der Waals surface area contributed by atoms with Gasteiger partial charge >= 0.3 is 0 Å². The van der Waals surface area contributed by atoms with Gasteiger partial charge in [0.1, 0.15) is 23.2 Å². The SMILES string of the molecule is CC1(C)C2CCC(COc3cccc(F)c3C#N)[C@@H]1C2. The van der Waals surface area contributed by atoms with Crippen LogP contribution in [0.1, 0.15) is 38.7 Å². The third-order valence-corrected chi connectivity index (χ3v) is 5.54. The minimum Gasteiger partial charge on any atom is -0.492 e. The molecule has 2 bridgehead atoms. The lowest BCUT2D eigenvalue weighted by molar-refractivity contribution is -0.114. The Morgan fingerprint density at radius 3 is 2.85 bits per heavy atom. The van der Waals surface area contributed by atoms with E-state index < -0.39 is 5.82 Å². The predicted octanol–water partition coefficient (Wildman–Crippen LogP) is 4.15. The Labute approximate surface area is 119 Å². The molecule has 0 heterocycles. The van der Waals surface area contributed by atoms with E-state index in [1.165, 1.54) is 25.3 Å². The quantitative estimate of drug-likeness (QED) is 0.829. The first-order valence-electron chi connectivity index (χ1n) is 7.35. The van der Waals surface area contributed by atoms with E-state index in [2.05, 4.69) is 13.8 Å². The zero-order chi connectivity index (χ0) is 14.3. The number of halogens is 1. The summed E-state index contributed by atoms with van der Waals surface area (Å²) in [6.07, 6.45) is 3.76. The summed E-state index contributed by atoms with van der Waals surface area (Å²) in [7, 11) is 0. The number of nitrogens with zero attached hydrogens (tertiary/aromatic N) is 1. The Bertz CT molecular complexity index is 559. The molecule has 0 aromatic heterocycles. The van der Waals surface area contributed by atoms with Crippen LogP contribution in [0.5, 0.6) is 5.75 Å². The van der Waals surface area contributed by atoms with Gasteiger partial charge in [0, 0.05) is 0 Å². The van der Waals surface area contributed by atoms with E-state index in [1.54, 1.807) is 12.1 Å². The molecular weight excluding hydrogens is 253 g/mol. The van der Waals surface area contributed by atoms with Crippen LogP contribution in [-0.2, 0) is 0 Å². The van der Waals surface area contributed by atoms with Gasteiger partial charge in [-0.25, -0.2) is 4.39 Å².